The average Bonchev–Trinajstić information content (AvgIpc) is 2.53. The lowest BCUT2D eigenvalue weighted by atomic mass is 9.98. The molecule has 0 aromatic heterocycles. The minimum absolute atomic E-state index is 0.216. The molecule has 0 aliphatic rings. The highest BCUT2D eigenvalue weighted by Crippen LogP contribution is 2.22. The second kappa shape index (κ2) is 7.07. The Morgan fingerprint density at radius 1 is 0.909 bits per heavy atom. The maximum atomic E-state index is 12.4. The molecule has 0 spiro atoms. The van der Waals surface area contributed by atoms with Crippen molar-refractivity contribution in [3.05, 3.63) is 65.7 Å². The van der Waals surface area contributed by atoms with Crippen LogP contribution in [0.3, 0.4) is 0 Å². The fourth-order valence-electron chi connectivity index (χ4n) is 2.36. The summed E-state index contributed by atoms with van der Waals surface area (Å²) in [5.74, 6) is 0.468. The van der Waals surface area contributed by atoms with E-state index in [0.29, 0.717) is 17.2 Å². The van der Waals surface area contributed by atoms with E-state index in [1.165, 1.54) is 5.56 Å². The maximum Gasteiger partial charge on any atom is 0.241 e. The van der Waals surface area contributed by atoms with E-state index in [2.05, 4.69) is 30.7 Å². The molecule has 118 valence electrons. The molecule has 3 nitrogen and oxygen atoms in total. The second-order valence-corrected chi connectivity index (χ2v) is 7.43. The van der Waals surface area contributed by atoms with E-state index in [1.54, 1.807) is 30.3 Å². The topological polar surface area (TPSA) is 46.2 Å². The van der Waals surface area contributed by atoms with Crippen LogP contribution in [0.25, 0.3) is 0 Å². The van der Waals surface area contributed by atoms with Gasteiger partial charge in [-0.3, -0.25) is 0 Å². The van der Waals surface area contributed by atoms with E-state index >= 15 is 0 Å². The third-order valence-corrected chi connectivity index (χ3v) is 5.25. The van der Waals surface area contributed by atoms with E-state index < -0.39 is 10.0 Å². The highest BCUT2D eigenvalue weighted by Gasteiger charge is 2.20. The third kappa shape index (κ3) is 3.96. The first-order chi connectivity index (χ1) is 10.4. The highest BCUT2D eigenvalue weighted by atomic mass is 32.2. The summed E-state index contributed by atoms with van der Waals surface area (Å²) < 4.78 is 27.7. The molecule has 2 aromatic rings. The van der Waals surface area contributed by atoms with Gasteiger partial charge in [0.2, 0.25) is 10.0 Å². The van der Waals surface area contributed by atoms with Crippen molar-refractivity contribution in [3.8, 4) is 0 Å². The Labute approximate surface area is 133 Å². The lowest BCUT2D eigenvalue weighted by molar-refractivity contribution is 0.550. The molecule has 0 fully saturated rings. The van der Waals surface area contributed by atoms with Crippen molar-refractivity contribution >= 4 is 10.0 Å². The van der Waals surface area contributed by atoms with Crippen LogP contribution >= 0.6 is 0 Å². The van der Waals surface area contributed by atoms with Crippen molar-refractivity contribution in [2.45, 2.75) is 44.0 Å². The summed E-state index contributed by atoms with van der Waals surface area (Å²) in [5, 5.41) is 0. The highest BCUT2D eigenvalue weighted by molar-refractivity contribution is 7.89. The lowest BCUT2D eigenvalue weighted by Crippen LogP contribution is -2.28. The van der Waals surface area contributed by atoms with Gasteiger partial charge in [-0.1, -0.05) is 63.2 Å². The van der Waals surface area contributed by atoms with Gasteiger partial charge in [0.15, 0.2) is 0 Å². The van der Waals surface area contributed by atoms with Crippen molar-refractivity contribution in [2.24, 2.45) is 0 Å². The molecule has 0 aliphatic carbocycles. The standard InChI is InChI=1S/C18H23NO2S/c1-4-18(16-12-10-15(11-13-16)14(2)3)19-22(20,21)17-8-6-5-7-9-17/h5-14,18-19H,4H2,1-3H3. The molecule has 2 aromatic carbocycles. The summed E-state index contributed by atoms with van der Waals surface area (Å²) in [4.78, 5) is 0.298. The van der Waals surface area contributed by atoms with Gasteiger partial charge in [0.05, 0.1) is 4.90 Å². The summed E-state index contributed by atoms with van der Waals surface area (Å²) in [6.07, 6.45) is 0.701. The molecular formula is C18H23NO2S. The summed E-state index contributed by atoms with van der Waals surface area (Å²) in [7, 11) is -3.50. The number of hydrogen-bond acceptors (Lipinski definition) is 2. The van der Waals surface area contributed by atoms with Gasteiger partial charge in [-0.05, 0) is 35.6 Å². The number of sulfonamides is 1. The van der Waals surface area contributed by atoms with Gasteiger partial charge in [-0.15, -0.1) is 0 Å². The predicted molar refractivity (Wildman–Crippen MR) is 90.3 cm³/mol. The quantitative estimate of drug-likeness (QED) is 0.866. The SMILES string of the molecule is CCC(NS(=O)(=O)c1ccccc1)c1ccc(C(C)C)cc1. The zero-order valence-corrected chi connectivity index (χ0v) is 14.1. The van der Waals surface area contributed by atoms with Crippen molar-refractivity contribution < 1.29 is 8.42 Å². The molecular weight excluding hydrogens is 294 g/mol. The van der Waals surface area contributed by atoms with E-state index in [1.807, 2.05) is 19.1 Å². The molecule has 2 rings (SSSR count). The van der Waals surface area contributed by atoms with Gasteiger partial charge in [-0.25, -0.2) is 13.1 Å². The van der Waals surface area contributed by atoms with Crippen LogP contribution in [-0.2, 0) is 10.0 Å². The van der Waals surface area contributed by atoms with Crippen molar-refractivity contribution in [3.63, 3.8) is 0 Å². The molecule has 0 radical (unpaired) electrons. The summed E-state index contributed by atoms with van der Waals surface area (Å²) in [6.45, 7) is 6.27. The Bertz CT molecular complexity index is 692. The summed E-state index contributed by atoms with van der Waals surface area (Å²) in [5.41, 5.74) is 2.25. The van der Waals surface area contributed by atoms with E-state index in [9.17, 15) is 8.42 Å². The molecule has 0 bridgehead atoms. The molecule has 0 amide bonds. The van der Waals surface area contributed by atoms with Gasteiger partial charge in [0.25, 0.3) is 0 Å². The molecule has 0 heterocycles. The molecule has 0 saturated heterocycles. The maximum absolute atomic E-state index is 12.4. The fraction of sp³-hybridized carbons (Fsp3) is 0.333. The van der Waals surface area contributed by atoms with Crippen LogP contribution in [0.2, 0.25) is 0 Å². The molecule has 0 aliphatic heterocycles. The molecule has 0 saturated carbocycles. The minimum Gasteiger partial charge on any atom is -0.207 e. The van der Waals surface area contributed by atoms with Gasteiger partial charge < -0.3 is 0 Å². The van der Waals surface area contributed by atoms with Crippen LogP contribution in [-0.4, -0.2) is 8.42 Å². The van der Waals surface area contributed by atoms with Gasteiger partial charge in [0, 0.05) is 6.04 Å². The van der Waals surface area contributed by atoms with Crippen molar-refractivity contribution in [1.29, 1.82) is 0 Å². The van der Waals surface area contributed by atoms with Crippen LogP contribution in [0.1, 0.15) is 50.3 Å². The van der Waals surface area contributed by atoms with Crippen LogP contribution < -0.4 is 4.72 Å². The molecule has 1 unspecified atom stereocenters. The molecule has 1 N–H and O–H groups in total. The largest absolute Gasteiger partial charge is 0.241 e. The Kier molecular flexibility index (Phi) is 5.37. The van der Waals surface area contributed by atoms with E-state index in [4.69, 9.17) is 0 Å². The number of nitrogens with one attached hydrogen (secondary N) is 1. The first kappa shape index (κ1) is 16.7. The fourth-order valence-corrected chi connectivity index (χ4v) is 3.68. The van der Waals surface area contributed by atoms with E-state index in [0.717, 1.165) is 5.56 Å². The Balaban J connectivity index is 2.22. The lowest BCUT2D eigenvalue weighted by Gasteiger charge is -2.18. The number of rotatable bonds is 6. The monoisotopic (exact) mass is 317 g/mol. The van der Waals surface area contributed by atoms with Crippen molar-refractivity contribution in [1.82, 2.24) is 4.72 Å². The average molecular weight is 317 g/mol. The van der Waals surface area contributed by atoms with Crippen LogP contribution in [0, 0.1) is 0 Å². The van der Waals surface area contributed by atoms with Crippen LogP contribution in [0.15, 0.2) is 59.5 Å². The molecule has 1 atom stereocenters. The summed E-state index contributed by atoms with van der Waals surface area (Å²) in [6, 6.07) is 16.4. The third-order valence-electron chi connectivity index (χ3n) is 3.76. The smallest absolute Gasteiger partial charge is 0.207 e. The van der Waals surface area contributed by atoms with Crippen LogP contribution in [0.5, 0.6) is 0 Å². The Morgan fingerprint density at radius 2 is 1.45 bits per heavy atom. The minimum atomic E-state index is -3.50. The normalized spacial score (nSPS) is 13.3. The van der Waals surface area contributed by atoms with E-state index in [-0.39, 0.29) is 6.04 Å². The molecule has 4 heteroatoms. The number of benzene rings is 2. The van der Waals surface area contributed by atoms with Gasteiger partial charge >= 0.3 is 0 Å². The van der Waals surface area contributed by atoms with Crippen molar-refractivity contribution in [2.75, 3.05) is 0 Å². The number of hydrogen-bond donors (Lipinski definition) is 1. The van der Waals surface area contributed by atoms with Gasteiger partial charge in [-0.2, -0.15) is 0 Å². The van der Waals surface area contributed by atoms with Crippen LogP contribution in [0.4, 0.5) is 0 Å². The Hall–Kier alpha value is -1.65. The zero-order chi connectivity index (χ0) is 16.2. The zero-order valence-electron chi connectivity index (χ0n) is 13.3. The first-order valence-corrected chi connectivity index (χ1v) is 9.09. The second-order valence-electron chi connectivity index (χ2n) is 5.72. The first-order valence-electron chi connectivity index (χ1n) is 7.61. The molecule has 22 heavy (non-hydrogen) atoms. The van der Waals surface area contributed by atoms with Gasteiger partial charge in [0.1, 0.15) is 0 Å². The Morgan fingerprint density at radius 3 is 1.95 bits per heavy atom. The predicted octanol–water partition coefficient (Wildman–Crippen LogP) is 4.24. The summed E-state index contributed by atoms with van der Waals surface area (Å²) >= 11 is 0.